The van der Waals surface area contributed by atoms with Crippen LogP contribution in [-0.4, -0.2) is 13.1 Å². The molecule has 0 aromatic carbocycles. The van der Waals surface area contributed by atoms with Gasteiger partial charge in [-0.25, -0.2) is 0 Å². The zero-order valence-electron chi connectivity index (χ0n) is 11.4. The normalized spacial score (nSPS) is 33.4. The van der Waals surface area contributed by atoms with Crippen molar-refractivity contribution in [2.75, 3.05) is 7.05 Å². The van der Waals surface area contributed by atoms with Gasteiger partial charge in [0.1, 0.15) is 0 Å². The summed E-state index contributed by atoms with van der Waals surface area (Å²) in [6, 6.07) is 0.760. The van der Waals surface area contributed by atoms with Gasteiger partial charge in [-0.1, -0.05) is 34.6 Å². The van der Waals surface area contributed by atoms with Crippen LogP contribution >= 0.6 is 0 Å². The van der Waals surface area contributed by atoms with Gasteiger partial charge in [-0.15, -0.1) is 0 Å². The van der Waals surface area contributed by atoms with Gasteiger partial charge in [0.15, 0.2) is 0 Å². The first-order valence-electron chi connectivity index (χ1n) is 6.53. The van der Waals surface area contributed by atoms with E-state index < -0.39 is 0 Å². The Morgan fingerprint density at radius 2 is 1.73 bits per heavy atom. The van der Waals surface area contributed by atoms with Crippen LogP contribution < -0.4 is 5.32 Å². The van der Waals surface area contributed by atoms with Crippen molar-refractivity contribution in [3.05, 3.63) is 0 Å². The third kappa shape index (κ3) is 3.21. The van der Waals surface area contributed by atoms with Crippen molar-refractivity contribution >= 4 is 0 Å². The first kappa shape index (κ1) is 13.0. The van der Waals surface area contributed by atoms with Gasteiger partial charge >= 0.3 is 0 Å². The van der Waals surface area contributed by atoms with Gasteiger partial charge in [-0.2, -0.15) is 0 Å². The summed E-state index contributed by atoms with van der Waals surface area (Å²) in [6.07, 6.45) is 4.13. The summed E-state index contributed by atoms with van der Waals surface area (Å²) in [5, 5.41) is 3.46. The smallest absolute Gasteiger partial charge is 0.00670 e. The number of rotatable bonds is 2. The van der Waals surface area contributed by atoms with Gasteiger partial charge in [0.2, 0.25) is 0 Å². The van der Waals surface area contributed by atoms with Crippen LogP contribution in [0.15, 0.2) is 0 Å². The molecule has 0 heterocycles. The Hall–Kier alpha value is -0.0400. The Labute approximate surface area is 96.0 Å². The summed E-state index contributed by atoms with van der Waals surface area (Å²) < 4.78 is 0. The topological polar surface area (TPSA) is 12.0 Å². The summed E-state index contributed by atoms with van der Waals surface area (Å²) in [7, 11) is 2.11. The van der Waals surface area contributed by atoms with E-state index >= 15 is 0 Å². The predicted molar refractivity (Wildman–Crippen MR) is 68.0 cm³/mol. The van der Waals surface area contributed by atoms with Crippen molar-refractivity contribution < 1.29 is 0 Å². The highest BCUT2D eigenvalue weighted by molar-refractivity contribution is 4.89. The van der Waals surface area contributed by atoms with Crippen molar-refractivity contribution in [2.45, 2.75) is 59.9 Å². The molecule has 0 amide bonds. The third-order valence-corrected chi connectivity index (χ3v) is 4.28. The lowest BCUT2D eigenvalue weighted by atomic mass is 9.62. The largest absolute Gasteiger partial charge is 0.317 e. The standard InChI is InChI=1S/C14H29N/c1-10(2)12-9-11(15-6)7-8-13(12)14(3,4)5/h10-13,15H,7-9H2,1-6H3. The second kappa shape index (κ2) is 4.86. The molecule has 0 spiro atoms. The van der Waals surface area contributed by atoms with Crippen LogP contribution in [0.4, 0.5) is 0 Å². The Balaban J connectivity index is 2.72. The molecule has 3 unspecified atom stereocenters. The summed E-state index contributed by atoms with van der Waals surface area (Å²) in [5.41, 5.74) is 0.480. The van der Waals surface area contributed by atoms with E-state index in [2.05, 4.69) is 47.0 Å². The Morgan fingerprint density at radius 3 is 2.13 bits per heavy atom. The molecule has 1 nitrogen and oxygen atoms in total. The fourth-order valence-corrected chi connectivity index (χ4v) is 3.28. The molecule has 1 N–H and O–H groups in total. The van der Waals surface area contributed by atoms with Gasteiger partial charge < -0.3 is 5.32 Å². The summed E-state index contributed by atoms with van der Waals surface area (Å²) in [5.74, 6) is 2.63. The maximum Gasteiger partial charge on any atom is 0.00670 e. The summed E-state index contributed by atoms with van der Waals surface area (Å²) in [4.78, 5) is 0. The molecule has 0 radical (unpaired) electrons. The second-order valence-corrected chi connectivity index (χ2v) is 6.68. The van der Waals surface area contributed by atoms with Crippen molar-refractivity contribution in [3.63, 3.8) is 0 Å². The average Bonchev–Trinajstić information content (AvgIpc) is 2.15. The minimum absolute atomic E-state index is 0.480. The van der Waals surface area contributed by atoms with Crippen molar-refractivity contribution in [2.24, 2.45) is 23.2 Å². The number of hydrogen-bond donors (Lipinski definition) is 1. The van der Waals surface area contributed by atoms with Gasteiger partial charge in [0.05, 0.1) is 0 Å². The fraction of sp³-hybridized carbons (Fsp3) is 1.00. The third-order valence-electron chi connectivity index (χ3n) is 4.28. The van der Waals surface area contributed by atoms with Crippen molar-refractivity contribution in [3.8, 4) is 0 Å². The van der Waals surface area contributed by atoms with Gasteiger partial charge in [0.25, 0.3) is 0 Å². The Kier molecular flexibility index (Phi) is 4.22. The van der Waals surface area contributed by atoms with E-state index in [4.69, 9.17) is 0 Å². The highest BCUT2D eigenvalue weighted by atomic mass is 14.9. The monoisotopic (exact) mass is 211 g/mol. The van der Waals surface area contributed by atoms with Crippen LogP contribution in [0.2, 0.25) is 0 Å². The molecule has 1 aliphatic carbocycles. The average molecular weight is 211 g/mol. The van der Waals surface area contributed by atoms with Crippen LogP contribution in [0.3, 0.4) is 0 Å². The summed E-state index contributed by atoms with van der Waals surface area (Å²) >= 11 is 0. The maximum absolute atomic E-state index is 3.46. The number of hydrogen-bond acceptors (Lipinski definition) is 1. The molecule has 0 aromatic heterocycles. The zero-order valence-corrected chi connectivity index (χ0v) is 11.4. The van der Waals surface area contributed by atoms with E-state index in [-0.39, 0.29) is 0 Å². The quantitative estimate of drug-likeness (QED) is 0.734. The molecule has 0 aromatic rings. The molecule has 15 heavy (non-hydrogen) atoms. The molecule has 0 bridgehead atoms. The molecule has 1 saturated carbocycles. The molecule has 0 aliphatic heterocycles. The van der Waals surface area contributed by atoms with Crippen LogP contribution in [-0.2, 0) is 0 Å². The molecular formula is C14H29N. The van der Waals surface area contributed by atoms with Crippen molar-refractivity contribution in [1.82, 2.24) is 5.32 Å². The minimum atomic E-state index is 0.480. The first-order valence-corrected chi connectivity index (χ1v) is 6.53. The lowest BCUT2D eigenvalue weighted by Gasteiger charge is -2.45. The van der Waals surface area contributed by atoms with E-state index in [1.54, 1.807) is 0 Å². The lowest BCUT2D eigenvalue weighted by molar-refractivity contribution is 0.0627. The highest BCUT2D eigenvalue weighted by Gasteiger charge is 2.38. The zero-order chi connectivity index (χ0) is 11.6. The summed E-state index contributed by atoms with van der Waals surface area (Å²) in [6.45, 7) is 12.0. The van der Waals surface area contributed by atoms with Crippen LogP contribution in [0, 0.1) is 23.2 Å². The van der Waals surface area contributed by atoms with Crippen molar-refractivity contribution in [1.29, 1.82) is 0 Å². The molecule has 90 valence electrons. The number of nitrogens with one attached hydrogen (secondary N) is 1. The van der Waals surface area contributed by atoms with E-state index in [9.17, 15) is 0 Å². The SMILES string of the molecule is CNC1CCC(C(C)(C)C)C(C(C)C)C1. The van der Waals surface area contributed by atoms with Crippen LogP contribution in [0.25, 0.3) is 0 Å². The molecule has 3 atom stereocenters. The minimum Gasteiger partial charge on any atom is -0.317 e. The molecular weight excluding hydrogens is 182 g/mol. The second-order valence-electron chi connectivity index (χ2n) is 6.68. The highest BCUT2D eigenvalue weighted by Crippen LogP contribution is 2.44. The van der Waals surface area contributed by atoms with E-state index in [1.807, 2.05) is 0 Å². The predicted octanol–water partition coefficient (Wildman–Crippen LogP) is 3.69. The van der Waals surface area contributed by atoms with E-state index in [0.29, 0.717) is 5.41 Å². The van der Waals surface area contributed by atoms with Crippen LogP contribution in [0.1, 0.15) is 53.9 Å². The molecule has 0 saturated heterocycles. The maximum atomic E-state index is 3.46. The molecule has 1 rings (SSSR count). The Bertz CT molecular complexity index is 190. The fourth-order valence-electron chi connectivity index (χ4n) is 3.28. The van der Waals surface area contributed by atoms with E-state index in [0.717, 1.165) is 23.8 Å². The van der Waals surface area contributed by atoms with E-state index in [1.165, 1.54) is 19.3 Å². The molecule has 1 heteroatoms. The van der Waals surface area contributed by atoms with Gasteiger partial charge in [0, 0.05) is 6.04 Å². The van der Waals surface area contributed by atoms with Gasteiger partial charge in [-0.05, 0) is 49.5 Å². The van der Waals surface area contributed by atoms with Gasteiger partial charge in [-0.3, -0.25) is 0 Å². The molecule has 1 aliphatic rings. The molecule has 1 fully saturated rings. The Morgan fingerprint density at radius 1 is 1.13 bits per heavy atom. The first-order chi connectivity index (χ1) is 6.86. The van der Waals surface area contributed by atoms with Crippen LogP contribution in [0.5, 0.6) is 0 Å². The lowest BCUT2D eigenvalue weighted by Crippen LogP contribution is -2.42.